The van der Waals surface area contributed by atoms with Crippen LogP contribution in [0.1, 0.15) is 16.1 Å². The van der Waals surface area contributed by atoms with E-state index in [1.807, 2.05) is 0 Å². The number of hydrogen-bond donors (Lipinski definition) is 0. The van der Waals surface area contributed by atoms with E-state index in [1.54, 1.807) is 35.3 Å². The number of nitrogens with zero attached hydrogens (tertiary/aromatic N) is 3. The first-order chi connectivity index (χ1) is 8.70. The third kappa shape index (κ3) is 2.60. The van der Waals surface area contributed by atoms with E-state index in [9.17, 15) is 14.9 Å². The highest BCUT2D eigenvalue weighted by Gasteiger charge is 2.11. The highest BCUT2D eigenvalue weighted by Crippen LogP contribution is 2.18. The SMILES string of the molecule is O=Cc1cn(CCc2ccccc2[N+](=O)[O-])cn1. The summed E-state index contributed by atoms with van der Waals surface area (Å²) in [7, 11) is 0. The van der Waals surface area contributed by atoms with Gasteiger partial charge in [-0.25, -0.2) is 4.98 Å². The Kier molecular flexibility index (Phi) is 3.47. The molecule has 0 unspecified atom stereocenters. The van der Waals surface area contributed by atoms with Gasteiger partial charge in [0.05, 0.1) is 11.3 Å². The minimum atomic E-state index is -0.389. The number of para-hydroxylation sites is 1. The highest BCUT2D eigenvalue weighted by molar-refractivity contribution is 5.70. The molecule has 0 aliphatic rings. The molecular weight excluding hydrogens is 234 g/mol. The van der Waals surface area contributed by atoms with Crippen molar-refractivity contribution in [1.82, 2.24) is 9.55 Å². The molecule has 0 fully saturated rings. The third-order valence-corrected chi connectivity index (χ3v) is 2.60. The van der Waals surface area contributed by atoms with Crippen LogP contribution in [0.4, 0.5) is 5.69 Å². The number of nitro groups is 1. The molecule has 0 atom stereocenters. The second kappa shape index (κ2) is 5.22. The molecule has 0 amide bonds. The molecule has 0 aliphatic heterocycles. The minimum absolute atomic E-state index is 0.119. The molecular formula is C12H11N3O3. The predicted octanol–water partition coefficient (Wildman–Crippen LogP) is 1.85. The van der Waals surface area contributed by atoms with Crippen LogP contribution in [0.2, 0.25) is 0 Å². The van der Waals surface area contributed by atoms with Gasteiger partial charge in [0.1, 0.15) is 5.69 Å². The monoisotopic (exact) mass is 245 g/mol. The fourth-order valence-electron chi connectivity index (χ4n) is 1.71. The average Bonchev–Trinajstić information content (AvgIpc) is 2.84. The summed E-state index contributed by atoms with van der Waals surface area (Å²) < 4.78 is 1.74. The van der Waals surface area contributed by atoms with Gasteiger partial charge >= 0.3 is 0 Å². The molecule has 0 aliphatic carbocycles. The van der Waals surface area contributed by atoms with Crippen LogP contribution in [0.5, 0.6) is 0 Å². The van der Waals surface area contributed by atoms with E-state index in [4.69, 9.17) is 0 Å². The Morgan fingerprint density at radius 3 is 2.83 bits per heavy atom. The summed E-state index contributed by atoms with van der Waals surface area (Å²) in [6.07, 6.45) is 4.34. The number of carbonyl (C=O) groups is 1. The largest absolute Gasteiger partial charge is 0.336 e. The Morgan fingerprint density at radius 1 is 1.39 bits per heavy atom. The first-order valence-electron chi connectivity index (χ1n) is 5.40. The molecule has 1 heterocycles. The Balaban J connectivity index is 2.10. The second-order valence-corrected chi connectivity index (χ2v) is 3.79. The number of aryl methyl sites for hydroxylation is 2. The van der Waals surface area contributed by atoms with E-state index in [-0.39, 0.29) is 10.6 Å². The van der Waals surface area contributed by atoms with Crippen LogP contribution in [-0.4, -0.2) is 20.8 Å². The molecule has 92 valence electrons. The van der Waals surface area contributed by atoms with Crippen LogP contribution in [0, 0.1) is 10.1 Å². The van der Waals surface area contributed by atoms with Gasteiger partial charge in [0.15, 0.2) is 6.29 Å². The minimum Gasteiger partial charge on any atom is -0.336 e. The van der Waals surface area contributed by atoms with Crippen molar-refractivity contribution in [2.45, 2.75) is 13.0 Å². The summed E-state index contributed by atoms with van der Waals surface area (Å²) in [6, 6.07) is 6.63. The molecule has 18 heavy (non-hydrogen) atoms. The number of carbonyl (C=O) groups excluding carboxylic acids is 1. The van der Waals surface area contributed by atoms with E-state index >= 15 is 0 Å². The molecule has 2 rings (SSSR count). The van der Waals surface area contributed by atoms with Crippen LogP contribution < -0.4 is 0 Å². The van der Waals surface area contributed by atoms with Crippen LogP contribution in [-0.2, 0) is 13.0 Å². The Labute approximate surface area is 103 Å². The van der Waals surface area contributed by atoms with Gasteiger partial charge in [-0.3, -0.25) is 14.9 Å². The molecule has 1 aromatic heterocycles. The van der Waals surface area contributed by atoms with Gasteiger partial charge in [-0.2, -0.15) is 0 Å². The van der Waals surface area contributed by atoms with E-state index in [2.05, 4.69) is 4.98 Å². The summed E-state index contributed by atoms with van der Waals surface area (Å²) in [5, 5.41) is 10.8. The molecule has 2 aromatic rings. The van der Waals surface area contributed by atoms with Crippen LogP contribution in [0.3, 0.4) is 0 Å². The van der Waals surface area contributed by atoms with Gasteiger partial charge < -0.3 is 4.57 Å². The first-order valence-corrected chi connectivity index (χ1v) is 5.40. The maximum absolute atomic E-state index is 10.8. The average molecular weight is 245 g/mol. The van der Waals surface area contributed by atoms with Gasteiger partial charge in [-0.15, -0.1) is 0 Å². The van der Waals surface area contributed by atoms with E-state index in [1.165, 1.54) is 6.07 Å². The summed E-state index contributed by atoms with van der Waals surface area (Å²) in [5.74, 6) is 0. The van der Waals surface area contributed by atoms with E-state index < -0.39 is 0 Å². The molecule has 0 radical (unpaired) electrons. The summed E-state index contributed by atoms with van der Waals surface area (Å²) in [6.45, 7) is 0.547. The predicted molar refractivity (Wildman–Crippen MR) is 64.4 cm³/mol. The lowest BCUT2D eigenvalue weighted by Crippen LogP contribution is -2.01. The highest BCUT2D eigenvalue weighted by atomic mass is 16.6. The number of imidazole rings is 1. The van der Waals surface area contributed by atoms with Crippen LogP contribution >= 0.6 is 0 Å². The van der Waals surface area contributed by atoms with Gasteiger partial charge in [-0.05, 0) is 6.42 Å². The summed E-state index contributed by atoms with van der Waals surface area (Å²) in [4.78, 5) is 24.8. The van der Waals surface area contributed by atoms with Crippen molar-refractivity contribution in [3.63, 3.8) is 0 Å². The molecule has 0 saturated heterocycles. The van der Waals surface area contributed by atoms with Crippen molar-refractivity contribution in [2.24, 2.45) is 0 Å². The molecule has 6 nitrogen and oxygen atoms in total. The molecule has 0 N–H and O–H groups in total. The van der Waals surface area contributed by atoms with Gasteiger partial charge in [-0.1, -0.05) is 18.2 Å². The number of nitro benzene ring substituents is 1. The number of rotatable bonds is 5. The molecule has 0 bridgehead atoms. The maximum atomic E-state index is 10.8. The fraction of sp³-hybridized carbons (Fsp3) is 0.167. The Hall–Kier alpha value is -2.50. The number of aldehydes is 1. The van der Waals surface area contributed by atoms with Crippen molar-refractivity contribution < 1.29 is 9.72 Å². The zero-order valence-corrected chi connectivity index (χ0v) is 9.52. The molecule has 6 heteroatoms. The van der Waals surface area contributed by atoms with Gasteiger partial charge in [0.2, 0.25) is 0 Å². The zero-order chi connectivity index (χ0) is 13.0. The zero-order valence-electron chi connectivity index (χ0n) is 9.52. The topological polar surface area (TPSA) is 78.0 Å². The standard InChI is InChI=1S/C12H11N3O3/c16-8-11-7-14(9-13-11)6-5-10-3-1-2-4-12(10)15(17)18/h1-4,7-9H,5-6H2. The number of benzene rings is 1. The normalized spacial score (nSPS) is 10.2. The second-order valence-electron chi connectivity index (χ2n) is 3.79. The van der Waals surface area contributed by atoms with Crippen molar-refractivity contribution in [2.75, 3.05) is 0 Å². The van der Waals surface area contributed by atoms with Gasteiger partial charge in [0.25, 0.3) is 5.69 Å². The molecule has 0 saturated carbocycles. The first kappa shape index (κ1) is 12.0. The Morgan fingerprint density at radius 2 is 2.17 bits per heavy atom. The molecule has 0 spiro atoms. The lowest BCUT2D eigenvalue weighted by atomic mass is 10.1. The van der Waals surface area contributed by atoms with Crippen molar-refractivity contribution in [1.29, 1.82) is 0 Å². The van der Waals surface area contributed by atoms with E-state index in [0.717, 1.165) is 0 Å². The smallest absolute Gasteiger partial charge is 0.272 e. The van der Waals surface area contributed by atoms with Crippen LogP contribution in [0.15, 0.2) is 36.8 Å². The molecule has 1 aromatic carbocycles. The lowest BCUT2D eigenvalue weighted by molar-refractivity contribution is -0.385. The third-order valence-electron chi connectivity index (χ3n) is 2.60. The summed E-state index contributed by atoms with van der Waals surface area (Å²) >= 11 is 0. The number of hydrogen-bond acceptors (Lipinski definition) is 4. The quantitative estimate of drug-likeness (QED) is 0.457. The Bertz CT molecular complexity index is 577. The van der Waals surface area contributed by atoms with Gasteiger partial charge in [0, 0.05) is 24.4 Å². The maximum Gasteiger partial charge on any atom is 0.272 e. The fourth-order valence-corrected chi connectivity index (χ4v) is 1.71. The van der Waals surface area contributed by atoms with Crippen LogP contribution in [0.25, 0.3) is 0 Å². The van der Waals surface area contributed by atoms with E-state index in [0.29, 0.717) is 30.5 Å². The van der Waals surface area contributed by atoms with Crippen molar-refractivity contribution in [3.05, 3.63) is 58.2 Å². The summed E-state index contributed by atoms with van der Waals surface area (Å²) in [5.41, 5.74) is 1.15. The van der Waals surface area contributed by atoms with Crippen molar-refractivity contribution in [3.8, 4) is 0 Å². The van der Waals surface area contributed by atoms with Crippen molar-refractivity contribution >= 4 is 12.0 Å². The number of aromatic nitrogens is 2. The lowest BCUT2D eigenvalue weighted by Gasteiger charge is -2.03.